The fraction of sp³-hybridized carbons (Fsp3) is 0.280. The molecule has 3 nitrogen and oxygen atoms in total. The number of nitrogens with zero attached hydrogens (tertiary/aromatic N) is 1. The van der Waals surface area contributed by atoms with Crippen molar-refractivity contribution in [3.05, 3.63) is 77.4 Å². The molecule has 0 bridgehead atoms. The number of aryl methyl sites for hydroxylation is 1. The molecule has 150 valence electrons. The molecule has 1 aliphatic heterocycles. The molecule has 0 radical (unpaired) electrons. The van der Waals surface area contributed by atoms with Crippen molar-refractivity contribution in [1.29, 1.82) is 0 Å². The molecule has 0 spiro atoms. The molecule has 0 fully saturated rings. The van der Waals surface area contributed by atoms with E-state index in [1.54, 1.807) is 6.07 Å². The molecule has 4 heteroatoms. The van der Waals surface area contributed by atoms with E-state index in [9.17, 15) is 5.11 Å². The molecular formula is C25H28N2OS. The Labute approximate surface area is 177 Å². The van der Waals surface area contributed by atoms with Crippen molar-refractivity contribution in [2.75, 3.05) is 24.5 Å². The van der Waals surface area contributed by atoms with Crippen LogP contribution in [0.3, 0.4) is 0 Å². The number of phenols is 1. The largest absolute Gasteiger partial charge is 0.508 e. The van der Waals surface area contributed by atoms with Crippen molar-refractivity contribution in [3.63, 3.8) is 0 Å². The van der Waals surface area contributed by atoms with E-state index in [1.807, 2.05) is 30.0 Å². The molecule has 0 aliphatic carbocycles. The first kappa shape index (κ1) is 19.9. The second-order valence-corrected chi connectivity index (χ2v) is 8.64. The summed E-state index contributed by atoms with van der Waals surface area (Å²) in [5, 5.41) is 13.4. The number of anilines is 2. The minimum Gasteiger partial charge on any atom is -0.508 e. The minimum atomic E-state index is 0.388. The lowest BCUT2D eigenvalue weighted by Gasteiger charge is -2.34. The maximum atomic E-state index is 9.88. The van der Waals surface area contributed by atoms with Gasteiger partial charge in [-0.2, -0.15) is 0 Å². The Bertz CT molecular complexity index is 1000. The van der Waals surface area contributed by atoms with Crippen LogP contribution >= 0.6 is 11.8 Å². The van der Waals surface area contributed by atoms with Crippen molar-refractivity contribution >= 4 is 23.1 Å². The average Bonchev–Trinajstić information content (AvgIpc) is 2.74. The van der Waals surface area contributed by atoms with Crippen molar-refractivity contribution in [3.8, 4) is 5.75 Å². The number of phenolic OH excluding ortho intramolecular Hbond substituents is 1. The Kier molecular flexibility index (Phi) is 6.12. The second-order valence-electron chi connectivity index (χ2n) is 7.56. The van der Waals surface area contributed by atoms with Gasteiger partial charge in [0.25, 0.3) is 0 Å². The van der Waals surface area contributed by atoms with Crippen molar-refractivity contribution < 1.29 is 5.11 Å². The quantitative estimate of drug-likeness (QED) is 0.485. The lowest BCUT2D eigenvalue weighted by molar-refractivity contribution is 0.467. The van der Waals surface area contributed by atoms with Crippen molar-refractivity contribution in [2.24, 2.45) is 0 Å². The normalized spacial score (nSPS) is 12.6. The summed E-state index contributed by atoms with van der Waals surface area (Å²) in [6.45, 7) is 7.25. The number of aromatic hydroxyl groups is 1. The van der Waals surface area contributed by atoms with Crippen LogP contribution in [-0.4, -0.2) is 24.7 Å². The van der Waals surface area contributed by atoms with Crippen molar-refractivity contribution in [1.82, 2.24) is 5.32 Å². The maximum absolute atomic E-state index is 9.88. The zero-order valence-electron chi connectivity index (χ0n) is 17.1. The Morgan fingerprint density at radius 2 is 1.69 bits per heavy atom. The average molecular weight is 405 g/mol. The Morgan fingerprint density at radius 1 is 0.897 bits per heavy atom. The van der Waals surface area contributed by atoms with Crippen LogP contribution in [0.25, 0.3) is 0 Å². The molecule has 2 N–H and O–H groups in total. The summed E-state index contributed by atoms with van der Waals surface area (Å²) in [5.41, 5.74) is 6.39. The molecule has 0 aromatic heterocycles. The SMILES string of the molecule is Cc1ccc2c(c1C)N(CCCNCCc1ccccc1O)c1ccccc1S2. The Hall–Kier alpha value is -2.43. The summed E-state index contributed by atoms with van der Waals surface area (Å²) < 4.78 is 0. The highest BCUT2D eigenvalue weighted by molar-refractivity contribution is 7.99. The van der Waals surface area contributed by atoms with Crippen LogP contribution in [0.2, 0.25) is 0 Å². The molecule has 4 rings (SSSR count). The van der Waals surface area contributed by atoms with Crippen LogP contribution < -0.4 is 10.2 Å². The standard InChI is InChI=1S/C25H28N2OS/c1-18-12-13-24-25(19(18)2)27(21-9-4-6-11-23(21)29-24)17-7-15-26-16-14-20-8-3-5-10-22(20)28/h3-6,8-13,26,28H,7,14-17H2,1-2H3. The van der Waals surface area contributed by atoms with Gasteiger partial charge in [-0.25, -0.2) is 0 Å². The summed E-state index contributed by atoms with van der Waals surface area (Å²) in [7, 11) is 0. The summed E-state index contributed by atoms with van der Waals surface area (Å²) in [5.74, 6) is 0.388. The minimum absolute atomic E-state index is 0.388. The van der Waals surface area contributed by atoms with Gasteiger partial charge in [-0.15, -0.1) is 0 Å². The zero-order chi connectivity index (χ0) is 20.2. The molecular weight excluding hydrogens is 376 g/mol. The van der Waals surface area contributed by atoms with E-state index in [4.69, 9.17) is 0 Å². The van der Waals surface area contributed by atoms with E-state index >= 15 is 0 Å². The van der Waals surface area contributed by atoms with Gasteiger partial charge >= 0.3 is 0 Å². The maximum Gasteiger partial charge on any atom is 0.118 e. The highest BCUT2D eigenvalue weighted by atomic mass is 32.2. The topological polar surface area (TPSA) is 35.5 Å². The molecule has 1 aliphatic rings. The third kappa shape index (κ3) is 4.29. The van der Waals surface area contributed by atoms with Gasteiger partial charge in [0, 0.05) is 16.3 Å². The molecule has 0 saturated carbocycles. The van der Waals surface area contributed by atoms with Gasteiger partial charge in [0.05, 0.1) is 11.4 Å². The Balaban J connectivity index is 1.40. The van der Waals surface area contributed by atoms with Gasteiger partial charge in [-0.05, 0) is 80.7 Å². The van der Waals surface area contributed by atoms with Crippen LogP contribution in [0.1, 0.15) is 23.1 Å². The summed E-state index contributed by atoms with van der Waals surface area (Å²) >= 11 is 1.87. The molecule has 0 unspecified atom stereocenters. The first-order valence-corrected chi connectivity index (χ1v) is 11.1. The molecule has 3 aromatic rings. The fourth-order valence-corrected chi connectivity index (χ4v) is 5.03. The number of hydrogen-bond donors (Lipinski definition) is 2. The number of para-hydroxylation sites is 2. The predicted octanol–water partition coefficient (Wildman–Crippen LogP) is 5.83. The molecule has 3 aromatic carbocycles. The number of nitrogens with one attached hydrogen (secondary N) is 1. The lowest BCUT2D eigenvalue weighted by Crippen LogP contribution is -2.27. The third-order valence-corrected chi connectivity index (χ3v) is 6.72. The second kappa shape index (κ2) is 8.93. The first-order chi connectivity index (χ1) is 14.1. The van der Waals surface area contributed by atoms with Gasteiger partial charge in [0.15, 0.2) is 0 Å². The third-order valence-electron chi connectivity index (χ3n) is 5.61. The molecule has 1 heterocycles. The highest BCUT2D eigenvalue weighted by Crippen LogP contribution is 2.49. The highest BCUT2D eigenvalue weighted by Gasteiger charge is 2.24. The van der Waals surface area contributed by atoms with Gasteiger partial charge in [0.2, 0.25) is 0 Å². The van der Waals surface area contributed by atoms with E-state index in [0.29, 0.717) is 5.75 Å². The summed E-state index contributed by atoms with van der Waals surface area (Å²) in [4.78, 5) is 5.17. The number of fused-ring (bicyclic) bond motifs is 2. The van der Waals surface area contributed by atoms with Gasteiger partial charge < -0.3 is 15.3 Å². The number of rotatable bonds is 7. The van der Waals surface area contributed by atoms with Crippen LogP contribution in [0.15, 0.2) is 70.5 Å². The fourth-order valence-electron chi connectivity index (χ4n) is 3.86. The van der Waals surface area contributed by atoms with Crippen LogP contribution in [0.5, 0.6) is 5.75 Å². The number of benzene rings is 3. The van der Waals surface area contributed by atoms with E-state index in [-0.39, 0.29) is 0 Å². The molecule has 0 atom stereocenters. The monoisotopic (exact) mass is 404 g/mol. The van der Waals surface area contributed by atoms with E-state index in [2.05, 4.69) is 60.5 Å². The molecule has 29 heavy (non-hydrogen) atoms. The smallest absolute Gasteiger partial charge is 0.118 e. The molecule has 0 amide bonds. The lowest BCUT2D eigenvalue weighted by atomic mass is 10.1. The zero-order valence-corrected chi connectivity index (χ0v) is 17.9. The summed E-state index contributed by atoms with van der Waals surface area (Å²) in [6.07, 6.45) is 1.91. The summed E-state index contributed by atoms with van der Waals surface area (Å²) in [6, 6.07) is 20.8. The van der Waals surface area contributed by atoms with E-state index in [1.165, 1.54) is 32.3 Å². The van der Waals surface area contributed by atoms with Crippen LogP contribution in [-0.2, 0) is 6.42 Å². The van der Waals surface area contributed by atoms with Crippen LogP contribution in [0, 0.1) is 13.8 Å². The van der Waals surface area contributed by atoms with Gasteiger partial charge in [0.1, 0.15) is 5.75 Å². The first-order valence-electron chi connectivity index (χ1n) is 10.3. The Morgan fingerprint density at radius 3 is 2.55 bits per heavy atom. The van der Waals surface area contributed by atoms with E-state index < -0.39 is 0 Å². The van der Waals surface area contributed by atoms with Crippen LogP contribution in [0.4, 0.5) is 11.4 Å². The van der Waals surface area contributed by atoms with Gasteiger partial charge in [-0.1, -0.05) is 48.2 Å². The van der Waals surface area contributed by atoms with Crippen molar-refractivity contribution in [2.45, 2.75) is 36.5 Å². The molecule has 0 saturated heterocycles. The predicted molar refractivity (Wildman–Crippen MR) is 123 cm³/mol. The number of hydrogen-bond acceptors (Lipinski definition) is 4. The van der Waals surface area contributed by atoms with E-state index in [0.717, 1.165) is 38.0 Å². The van der Waals surface area contributed by atoms with Gasteiger partial charge in [-0.3, -0.25) is 0 Å².